The molecule has 3 saturated heterocycles. The summed E-state index contributed by atoms with van der Waals surface area (Å²) in [7, 11) is 0. The monoisotopic (exact) mass is 414 g/mol. The molecule has 0 aromatic rings. The van der Waals surface area contributed by atoms with Crippen LogP contribution in [0.2, 0.25) is 0 Å². The summed E-state index contributed by atoms with van der Waals surface area (Å²) in [6.07, 6.45) is -17.3. The Balaban J connectivity index is 1.54. The van der Waals surface area contributed by atoms with Crippen LogP contribution in [0.25, 0.3) is 0 Å². The lowest BCUT2D eigenvalue weighted by Gasteiger charge is -2.43. The quantitative estimate of drug-likeness (QED) is 0.216. The number of hydrogen-bond acceptors (Lipinski definition) is 13. The van der Waals surface area contributed by atoms with Crippen LogP contribution in [0, 0.1) is 0 Å². The zero-order valence-electron chi connectivity index (χ0n) is 14.7. The molecule has 3 rings (SSSR count). The van der Waals surface area contributed by atoms with Gasteiger partial charge in [0.1, 0.15) is 54.9 Å². The second kappa shape index (κ2) is 9.09. The summed E-state index contributed by atoms with van der Waals surface area (Å²) in [6, 6.07) is 0. The van der Waals surface area contributed by atoms with Gasteiger partial charge in [-0.1, -0.05) is 0 Å². The number of aliphatic hydroxyl groups excluding tert-OH is 8. The molecule has 0 amide bonds. The number of rotatable bonds is 4. The van der Waals surface area contributed by atoms with Gasteiger partial charge in [0.25, 0.3) is 0 Å². The third-order valence-corrected chi connectivity index (χ3v) is 4.96. The lowest BCUT2D eigenvalue weighted by atomic mass is 10.0. The first-order chi connectivity index (χ1) is 13.2. The molecule has 0 aromatic carbocycles. The van der Waals surface area contributed by atoms with E-state index in [-0.39, 0.29) is 19.8 Å². The van der Waals surface area contributed by atoms with E-state index < -0.39 is 73.8 Å². The molecule has 11 unspecified atom stereocenters. The van der Waals surface area contributed by atoms with Gasteiger partial charge in [-0.2, -0.15) is 0 Å². The van der Waals surface area contributed by atoms with Crippen molar-refractivity contribution < 1.29 is 64.5 Å². The molecule has 0 aromatic heterocycles. The zero-order chi connectivity index (χ0) is 20.6. The van der Waals surface area contributed by atoms with Crippen molar-refractivity contribution in [1.29, 1.82) is 0 Å². The molecule has 13 heteroatoms. The molecular weight excluding hydrogens is 388 g/mol. The van der Waals surface area contributed by atoms with Crippen LogP contribution in [0.3, 0.4) is 0 Å². The van der Waals surface area contributed by atoms with E-state index in [9.17, 15) is 40.9 Å². The Morgan fingerprint density at radius 1 is 0.500 bits per heavy atom. The van der Waals surface area contributed by atoms with Crippen molar-refractivity contribution in [2.45, 2.75) is 73.8 Å². The molecule has 0 spiro atoms. The van der Waals surface area contributed by atoms with Crippen molar-refractivity contribution in [3.05, 3.63) is 0 Å². The largest absolute Gasteiger partial charge is 0.388 e. The summed E-state index contributed by atoms with van der Waals surface area (Å²) in [5.41, 5.74) is 0. The maximum absolute atomic E-state index is 10.3. The van der Waals surface area contributed by atoms with E-state index in [2.05, 4.69) is 0 Å². The Bertz CT molecular complexity index is 464. The van der Waals surface area contributed by atoms with Crippen LogP contribution in [0.15, 0.2) is 0 Å². The highest BCUT2D eigenvalue weighted by Crippen LogP contribution is 2.26. The van der Waals surface area contributed by atoms with Gasteiger partial charge in [0.15, 0.2) is 18.9 Å². The van der Waals surface area contributed by atoms with Crippen LogP contribution in [0.5, 0.6) is 0 Å². The van der Waals surface area contributed by atoms with Gasteiger partial charge in [0, 0.05) is 0 Å². The van der Waals surface area contributed by atoms with Crippen molar-refractivity contribution in [3.8, 4) is 0 Å². The predicted molar refractivity (Wildman–Crippen MR) is 83.2 cm³/mol. The first-order valence-electron chi connectivity index (χ1n) is 8.81. The second-order valence-corrected chi connectivity index (χ2v) is 6.99. The Morgan fingerprint density at radius 2 is 0.964 bits per heavy atom. The van der Waals surface area contributed by atoms with Crippen molar-refractivity contribution >= 4 is 0 Å². The maximum atomic E-state index is 10.3. The smallest absolute Gasteiger partial charge is 0.186 e. The highest BCUT2D eigenvalue weighted by molar-refractivity contribution is 4.89. The Labute approximate surface area is 159 Å². The predicted octanol–water partition coefficient (Wildman–Crippen LogP) is -5.66. The minimum atomic E-state index is -1.63. The lowest BCUT2D eigenvalue weighted by molar-refractivity contribution is -0.346. The molecule has 3 fully saturated rings. The van der Waals surface area contributed by atoms with E-state index in [0.29, 0.717) is 0 Å². The van der Waals surface area contributed by atoms with E-state index in [1.54, 1.807) is 0 Å². The van der Waals surface area contributed by atoms with E-state index in [0.717, 1.165) is 0 Å². The maximum Gasteiger partial charge on any atom is 0.186 e. The average Bonchev–Trinajstić information content (AvgIpc) is 2.68. The SMILES string of the molecule is OC1COC(OC2COC(O[C@H]3COC(O)C(O)C3O)C(O)C2O)C(O)C1O. The van der Waals surface area contributed by atoms with Crippen molar-refractivity contribution in [2.24, 2.45) is 0 Å². The van der Waals surface area contributed by atoms with Gasteiger partial charge in [0.05, 0.1) is 19.8 Å². The van der Waals surface area contributed by atoms with Crippen LogP contribution < -0.4 is 0 Å². The number of hydrogen-bond donors (Lipinski definition) is 8. The fourth-order valence-corrected chi connectivity index (χ4v) is 3.15. The van der Waals surface area contributed by atoms with Crippen LogP contribution in [-0.4, -0.2) is 134 Å². The van der Waals surface area contributed by atoms with Gasteiger partial charge in [-0.15, -0.1) is 0 Å². The standard InChI is InChI=1S/C15H26O13/c16-4-1-25-14(11(21)7(4)17)28-6-3-26-15(12(22)9(6)19)27-5-2-24-13(23)10(20)8(5)18/h4-23H,1-3H2/t4?,5-,6?,7?,8?,9?,10?,11?,12?,13?,14?,15?/m0/s1. The van der Waals surface area contributed by atoms with E-state index in [1.807, 2.05) is 0 Å². The third-order valence-electron chi connectivity index (χ3n) is 4.96. The van der Waals surface area contributed by atoms with Crippen LogP contribution >= 0.6 is 0 Å². The number of ether oxygens (including phenoxy) is 5. The minimum absolute atomic E-state index is 0.287. The highest BCUT2D eigenvalue weighted by Gasteiger charge is 2.47. The van der Waals surface area contributed by atoms with Gasteiger partial charge in [-0.25, -0.2) is 0 Å². The Kier molecular flexibility index (Phi) is 7.20. The topological polar surface area (TPSA) is 208 Å². The molecular formula is C15H26O13. The van der Waals surface area contributed by atoms with E-state index >= 15 is 0 Å². The average molecular weight is 414 g/mol. The van der Waals surface area contributed by atoms with Crippen LogP contribution in [-0.2, 0) is 23.7 Å². The number of aliphatic hydroxyl groups is 8. The van der Waals surface area contributed by atoms with E-state index in [4.69, 9.17) is 23.7 Å². The molecule has 0 aliphatic carbocycles. The summed E-state index contributed by atoms with van der Waals surface area (Å²) in [5, 5.41) is 78.3. The summed E-state index contributed by atoms with van der Waals surface area (Å²) >= 11 is 0. The first-order valence-corrected chi connectivity index (χ1v) is 8.81. The Morgan fingerprint density at radius 3 is 1.57 bits per heavy atom. The molecule has 164 valence electrons. The summed E-state index contributed by atoms with van der Waals surface area (Å²) in [5.74, 6) is 0. The molecule has 0 bridgehead atoms. The second-order valence-electron chi connectivity index (χ2n) is 6.99. The summed E-state index contributed by atoms with van der Waals surface area (Å²) < 4.78 is 25.9. The lowest BCUT2D eigenvalue weighted by Crippen LogP contribution is -2.61. The van der Waals surface area contributed by atoms with Gasteiger partial charge >= 0.3 is 0 Å². The highest BCUT2D eigenvalue weighted by atomic mass is 16.7. The third kappa shape index (κ3) is 4.46. The van der Waals surface area contributed by atoms with Crippen molar-refractivity contribution in [2.75, 3.05) is 19.8 Å². The normalized spacial score (nSPS) is 53.1. The van der Waals surface area contributed by atoms with Gasteiger partial charge in [-0.05, 0) is 0 Å². The fraction of sp³-hybridized carbons (Fsp3) is 1.00. The molecule has 3 aliphatic heterocycles. The summed E-state index contributed by atoms with van der Waals surface area (Å²) in [6.45, 7) is -0.887. The molecule has 3 heterocycles. The van der Waals surface area contributed by atoms with Crippen LogP contribution in [0.1, 0.15) is 0 Å². The fourth-order valence-electron chi connectivity index (χ4n) is 3.15. The van der Waals surface area contributed by atoms with Crippen molar-refractivity contribution in [1.82, 2.24) is 0 Å². The Hall–Kier alpha value is -0.520. The minimum Gasteiger partial charge on any atom is -0.388 e. The molecule has 0 saturated carbocycles. The van der Waals surface area contributed by atoms with E-state index in [1.165, 1.54) is 0 Å². The van der Waals surface area contributed by atoms with Crippen LogP contribution in [0.4, 0.5) is 0 Å². The zero-order valence-corrected chi connectivity index (χ0v) is 14.7. The summed E-state index contributed by atoms with van der Waals surface area (Å²) in [4.78, 5) is 0. The van der Waals surface area contributed by atoms with Gasteiger partial charge < -0.3 is 64.5 Å². The molecule has 28 heavy (non-hydrogen) atoms. The molecule has 0 radical (unpaired) electrons. The van der Waals surface area contributed by atoms with Crippen molar-refractivity contribution in [3.63, 3.8) is 0 Å². The molecule has 13 nitrogen and oxygen atoms in total. The molecule has 12 atom stereocenters. The van der Waals surface area contributed by atoms with Gasteiger partial charge in [0.2, 0.25) is 0 Å². The molecule has 3 aliphatic rings. The van der Waals surface area contributed by atoms with Gasteiger partial charge in [-0.3, -0.25) is 0 Å². The molecule has 8 N–H and O–H groups in total. The first kappa shape index (κ1) is 22.2.